The van der Waals surface area contributed by atoms with Crippen LogP contribution < -0.4 is 0 Å². The van der Waals surface area contributed by atoms with Gasteiger partial charge in [-0.1, -0.05) is 26.3 Å². The summed E-state index contributed by atoms with van der Waals surface area (Å²) in [6.45, 7) is 4.38. The second kappa shape index (κ2) is 7.52. The van der Waals surface area contributed by atoms with E-state index in [0.717, 1.165) is 6.42 Å². The number of unbranched alkanes of at least 4 members (excludes halogenated alkanes) is 1. The molecule has 0 atom stereocenters. The topological polar surface area (TPSA) is 12.4 Å². The van der Waals surface area contributed by atoms with Gasteiger partial charge in [-0.25, -0.2) is 0 Å². The summed E-state index contributed by atoms with van der Waals surface area (Å²) >= 11 is 0. The minimum Gasteiger partial charge on any atom is -0.296 e. The number of aliphatic imine (C=N–C) groups is 1. The molecule has 0 aliphatic carbocycles. The predicted molar refractivity (Wildman–Crippen MR) is 52.3 cm³/mol. The Labute approximate surface area is 70.2 Å². The zero-order valence-electron chi connectivity index (χ0n) is 7.93. The van der Waals surface area contributed by atoms with E-state index >= 15 is 0 Å². The van der Waals surface area contributed by atoms with Crippen molar-refractivity contribution in [1.29, 1.82) is 0 Å². The lowest BCUT2D eigenvalue weighted by molar-refractivity contribution is 0.801. The highest BCUT2D eigenvalue weighted by atomic mass is 14.6. The Balaban J connectivity index is 3.79. The summed E-state index contributed by atoms with van der Waals surface area (Å²) < 4.78 is 0. The van der Waals surface area contributed by atoms with Gasteiger partial charge in [-0.2, -0.15) is 0 Å². The number of rotatable bonds is 5. The normalized spacial score (nSPS) is 12.8. The number of hydrogen-bond acceptors (Lipinski definition) is 1. The highest BCUT2D eigenvalue weighted by Gasteiger charge is 1.90. The van der Waals surface area contributed by atoms with E-state index in [1.54, 1.807) is 0 Å². The van der Waals surface area contributed by atoms with Gasteiger partial charge in [0, 0.05) is 13.3 Å². The molecule has 0 rings (SSSR count). The highest BCUT2D eigenvalue weighted by molar-refractivity contribution is 5.78. The van der Waals surface area contributed by atoms with Crippen molar-refractivity contribution in [3.63, 3.8) is 0 Å². The van der Waals surface area contributed by atoms with Gasteiger partial charge in [-0.05, 0) is 24.8 Å². The molecule has 1 heteroatoms. The molecule has 0 amide bonds. The molecule has 0 spiro atoms. The largest absolute Gasteiger partial charge is 0.296 e. The van der Waals surface area contributed by atoms with Crippen molar-refractivity contribution >= 4 is 6.21 Å². The maximum atomic E-state index is 4.01. The second-order valence-corrected chi connectivity index (χ2v) is 2.68. The smallest absolute Gasteiger partial charge is 0.0277 e. The summed E-state index contributed by atoms with van der Waals surface area (Å²) in [7, 11) is 1.83. The third kappa shape index (κ3) is 5.84. The molecule has 0 aromatic rings. The quantitative estimate of drug-likeness (QED) is 0.538. The molecule has 0 saturated heterocycles. The third-order valence-corrected chi connectivity index (χ3v) is 1.58. The van der Waals surface area contributed by atoms with Crippen molar-refractivity contribution in [2.75, 3.05) is 7.05 Å². The Morgan fingerprint density at radius 1 is 1.36 bits per heavy atom. The summed E-state index contributed by atoms with van der Waals surface area (Å²) in [6.07, 6.45) is 9.06. The highest BCUT2D eigenvalue weighted by Crippen LogP contribution is 2.05. The molecule has 0 N–H and O–H groups in total. The molecule has 0 aromatic heterocycles. The van der Waals surface area contributed by atoms with Gasteiger partial charge < -0.3 is 0 Å². The van der Waals surface area contributed by atoms with Crippen LogP contribution in [0.1, 0.15) is 39.5 Å². The summed E-state index contributed by atoms with van der Waals surface area (Å²) in [5.74, 6) is 0. The van der Waals surface area contributed by atoms with Crippen LogP contribution >= 0.6 is 0 Å². The van der Waals surface area contributed by atoms with Crippen LogP contribution in [-0.2, 0) is 0 Å². The zero-order valence-corrected chi connectivity index (χ0v) is 7.93. The molecular weight excluding hydrogens is 134 g/mol. The lowest BCUT2D eigenvalue weighted by Gasteiger charge is -1.98. The first-order valence-corrected chi connectivity index (χ1v) is 4.46. The van der Waals surface area contributed by atoms with Crippen LogP contribution in [0.15, 0.2) is 16.6 Å². The molecule has 0 fully saturated rings. The number of allylic oxidation sites excluding steroid dienone is 2. The van der Waals surface area contributed by atoms with E-state index in [-0.39, 0.29) is 0 Å². The van der Waals surface area contributed by atoms with Crippen molar-refractivity contribution in [2.24, 2.45) is 4.99 Å². The SMILES string of the molecule is CC/C=C(\C=NC)CCCC. The molecule has 0 saturated carbocycles. The van der Waals surface area contributed by atoms with Crippen LogP contribution in [0.25, 0.3) is 0 Å². The Hall–Kier alpha value is -0.590. The van der Waals surface area contributed by atoms with Gasteiger partial charge in [-0.15, -0.1) is 0 Å². The van der Waals surface area contributed by atoms with Gasteiger partial charge >= 0.3 is 0 Å². The van der Waals surface area contributed by atoms with Crippen LogP contribution in [0.2, 0.25) is 0 Å². The fourth-order valence-corrected chi connectivity index (χ4v) is 1.03. The van der Waals surface area contributed by atoms with E-state index < -0.39 is 0 Å². The Bertz CT molecular complexity index is 134. The first-order chi connectivity index (χ1) is 5.35. The van der Waals surface area contributed by atoms with Crippen LogP contribution in [0, 0.1) is 0 Å². The Kier molecular flexibility index (Phi) is 7.11. The van der Waals surface area contributed by atoms with Crippen molar-refractivity contribution in [2.45, 2.75) is 39.5 Å². The molecule has 0 bridgehead atoms. The van der Waals surface area contributed by atoms with Gasteiger partial charge in [0.25, 0.3) is 0 Å². The fraction of sp³-hybridized carbons (Fsp3) is 0.700. The molecule has 0 radical (unpaired) electrons. The van der Waals surface area contributed by atoms with Gasteiger partial charge in [0.15, 0.2) is 0 Å². The number of hydrogen-bond donors (Lipinski definition) is 0. The first-order valence-electron chi connectivity index (χ1n) is 4.46. The Morgan fingerprint density at radius 2 is 2.09 bits per heavy atom. The molecule has 0 aromatic carbocycles. The minimum atomic E-state index is 1.12. The molecule has 1 nitrogen and oxygen atoms in total. The van der Waals surface area contributed by atoms with E-state index in [9.17, 15) is 0 Å². The van der Waals surface area contributed by atoms with Crippen molar-refractivity contribution in [3.8, 4) is 0 Å². The monoisotopic (exact) mass is 153 g/mol. The molecule has 0 unspecified atom stereocenters. The summed E-state index contributed by atoms with van der Waals surface area (Å²) in [5.41, 5.74) is 1.39. The first kappa shape index (κ1) is 10.4. The summed E-state index contributed by atoms with van der Waals surface area (Å²) in [4.78, 5) is 4.01. The van der Waals surface area contributed by atoms with Gasteiger partial charge in [0.05, 0.1) is 0 Å². The van der Waals surface area contributed by atoms with Crippen molar-refractivity contribution in [3.05, 3.63) is 11.6 Å². The molecule has 11 heavy (non-hydrogen) atoms. The van der Waals surface area contributed by atoms with E-state index in [4.69, 9.17) is 0 Å². The molecule has 0 aliphatic heterocycles. The average molecular weight is 153 g/mol. The van der Waals surface area contributed by atoms with Crippen LogP contribution in [0.3, 0.4) is 0 Å². The fourth-order valence-electron chi connectivity index (χ4n) is 1.03. The van der Waals surface area contributed by atoms with Gasteiger partial charge in [-0.3, -0.25) is 4.99 Å². The summed E-state index contributed by atoms with van der Waals surface area (Å²) in [6, 6.07) is 0. The number of nitrogens with zero attached hydrogens (tertiary/aromatic N) is 1. The lowest BCUT2D eigenvalue weighted by Crippen LogP contribution is -1.85. The minimum absolute atomic E-state index is 1.12. The van der Waals surface area contributed by atoms with Gasteiger partial charge in [0.2, 0.25) is 0 Å². The average Bonchev–Trinajstić information content (AvgIpc) is 2.01. The Morgan fingerprint density at radius 3 is 2.55 bits per heavy atom. The van der Waals surface area contributed by atoms with Gasteiger partial charge in [0.1, 0.15) is 0 Å². The van der Waals surface area contributed by atoms with Crippen LogP contribution in [-0.4, -0.2) is 13.3 Å². The van der Waals surface area contributed by atoms with Crippen molar-refractivity contribution in [1.82, 2.24) is 0 Å². The van der Waals surface area contributed by atoms with Crippen LogP contribution in [0.4, 0.5) is 0 Å². The van der Waals surface area contributed by atoms with E-state index in [2.05, 4.69) is 24.9 Å². The van der Waals surface area contributed by atoms with E-state index in [0.29, 0.717) is 0 Å². The molecule has 0 aliphatic rings. The molecular formula is C10H19N. The second-order valence-electron chi connectivity index (χ2n) is 2.68. The van der Waals surface area contributed by atoms with E-state index in [1.807, 2.05) is 13.3 Å². The summed E-state index contributed by atoms with van der Waals surface area (Å²) in [5, 5.41) is 0. The zero-order chi connectivity index (χ0) is 8.53. The van der Waals surface area contributed by atoms with E-state index in [1.165, 1.54) is 24.8 Å². The molecule has 64 valence electrons. The van der Waals surface area contributed by atoms with Crippen LogP contribution in [0.5, 0.6) is 0 Å². The lowest BCUT2D eigenvalue weighted by atomic mass is 10.1. The third-order valence-electron chi connectivity index (χ3n) is 1.58. The van der Waals surface area contributed by atoms with Crippen molar-refractivity contribution < 1.29 is 0 Å². The maximum absolute atomic E-state index is 4.01. The molecule has 0 heterocycles. The standard InChI is InChI=1S/C10H19N/c1-4-6-8-10(7-5-2)9-11-3/h7,9H,4-6,8H2,1-3H3/b10-7-,11-9?. The predicted octanol–water partition coefficient (Wildman–Crippen LogP) is 3.21. The maximum Gasteiger partial charge on any atom is 0.0277 e.